The minimum atomic E-state index is -0.616. The van der Waals surface area contributed by atoms with E-state index in [9.17, 15) is 9.50 Å². The zero-order valence-electron chi connectivity index (χ0n) is 8.71. The second-order valence-corrected chi connectivity index (χ2v) is 4.52. The standard InChI is InChI=1S/C11H16FNO/c1-11(2,3)10(13)7-5-4-6-8(14)9(7)12/h4-6,10,14H,13H2,1-3H3/t10-/m0/s1. The van der Waals surface area contributed by atoms with Gasteiger partial charge in [0.2, 0.25) is 0 Å². The van der Waals surface area contributed by atoms with Crippen molar-refractivity contribution in [3.8, 4) is 5.75 Å². The van der Waals surface area contributed by atoms with E-state index in [-0.39, 0.29) is 11.2 Å². The van der Waals surface area contributed by atoms with E-state index in [1.165, 1.54) is 6.07 Å². The first-order valence-corrected chi connectivity index (χ1v) is 4.57. The summed E-state index contributed by atoms with van der Waals surface area (Å²) < 4.78 is 13.5. The molecule has 2 nitrogen and oxygen atoms in total. The molecule has 0 aliphatic carbocycles. The third-order valence-electron chi connectivity index (χ3n) is 2.28. The summed E-state index contributed by atoms with van der Waals surface area (Å²) in [6.07, 6.45) is 0. The molecule has 0 heterocycles. The highest BCUT2D eigenvalue weighted by atomic mass is 19.1. The van der Waals surface area contributed by atoms with Gasteiger partial charge in [-0.3, -0.25) is 0 Å². The molecule has 0 aliphatic heterocycles. The summed E-state index contributed by atoms with van der Waals surface area (Å²) in [7, 11) is 0. The summed E-state index contributed by atoms with van der Waals surface area (Å²) in [6.45, 7) is 5.80. The minimum Gasteiger partial charge on any atom is -0.505 e. The highest BCUT2D eigenvalue weighted by Gasteiger charge is 2.25. The molecule has 14 heavy (non-hydrogen) atoms. The predicted octanol–water partition coefficient (Wildman–Crippen LogP) is 2.58. The molecule has 1 aromatic rings. The molecule has 0 aliphatic rings. The van der Waals surface area contributed by atoms with Gasteiger partial charge in [0.1, 0.15) is 0 Å². The largest absolute Gasteiger partial charge is 0.505 e. The number of hydrogen-bond acceptors (Lipinski definition) is 2. The van der Waals surface area contributed by atoms with Crippen LogP contribution in [0.4, 0.5) is 4.39 Å². The zero-order valence-corrected chi connectivity index (χ0v) is 8.71. The van der Waals surface area contributed by atoms with E-state index in [0.29, 0.717) is 5.56 Å². The van der Waals surface area contributed by atoms with Crippen LogP contribution in [0.25, 0.3) is 0 Å². The summed E-state index contributed by atoms with van der Waals surface area (Å²) in [4.78, 5) is 0. The van der Waals surface area contributed by atoms with Gasteiger partial charge in [-0.1, -0.05) is 32.9 Å². The van der Waals surface area contributed by atoms with E-state index < -0.39 is 11.9 Å². The summed E-state index contributed by atoms with van der Waals surface area (Å²) in [6, 6.07) is 4.09. The maximum atomic E-state index is 13.5. The Morgan fingerprint density at radius 2 is 1.93 bits per heavy atom. The van der Waals surface area contributed by atoms with Crippen molar-refractivity contribution in [1.29, 1.82) is 0 Å². The Morgan fingerprint density at radius 3 is 2.43 bits per heavy atom. The van der Waals surface area contributed by atoms with Crippen molar-refractivity contribution in [2.45, 2.75) is 26.8 Å². The Hall–Kier alpha value is -1.09. The lowest BCUT2D eigenvalue weighted by Crippen LogP contribution is -2.27. The lowest BCUT2D eigenvalue weighted by atomic mass is 9.83. The number of benzene rings is 1. The maximum Gasteiger partial charge on any atom is 0.169 e. The van der Waals surface area contributed by atoms with Crippen molar-refractivity contribution in [1.82, 2.24) is 0 Å². The summed E-state index contributed by atoms with van der Waals surface area (Å²) in [5, 5.41) is 9.18. The average Bonchev–Trinajstić information content (AvgIpc) is 2.07. The van der Waals surface area contributed by atoms with Crippen molar-refractivity contribution in [2.75, 3.05) is 0 Å². The van der Waals surface area contributed by atoms with Crippen molar-refractivity contribution in [3.63, 3.8) is 0 Å². The van der Waals surface area contributed by atoms with Crippen LogP contribution in [-0.4, -0.2) is 5.11 Å². The predicted molar refractivity (Wildman–Crippen MR) is 54.4 cm³/mol. The third kappa shape index (κ3) is 2.04. The highest BCUT2D eigenvalue weighted by Crippen LogP contribution is 2.33. The van der Waals surface area contributed by atoms with Crippen LogP contribution in [0.3, 0.4) is 0 Å². The Morgan fingerprint density at radius 1 is 1.36 bits per heavy atom. The van der Waals surface area contributed by atoms with Crippen LogP contribution in [0.5, 0.6) is 5.75 Å². The molecule has 1 rings (SSSR count). The number of phenolic OH excluding ortho intramolecular Hbond substituents is 1. The first-order chi connectivity index (χ1) is 6.34. The molecule has 1 atom stereocenters. The van der Waals surface area contributed by atoms with Gasteiger partial charge in [0.25, 0.3) is 0 Å². The topological polar surface area (TPSA) is 46.2 Å². The van der Waals surface area contributed by atoms with Gasteiger partial charge in [-0.15, -0.1) is 0 Å². The van der Waals surface area contributed by atoms with Gasteiger partial charge in [-0.25, -0.2) is 4.39 Å². The second kappa shape index (κ2) is 3.58. The van der Waals surface area contributed by atoms with Crippen LogP contribution in [0.1, 0.15) is 32.4 Å². The van der Waals surface area contributed by atoms with Gasteiger partial charge in [0.15, 0.2) is 11.6 Å². The molecular formula is C11H16FNO. The Labute approximate surface area is 83.6 Å². The second-order valence-electron chi connectivity index (χ2n) is 4.52. The van der Waals surface area contributed by atoms with E-state index in [1.54, 1.807) is 12.1 Å². The van der Waals surface area contributed by atoms with E-state index in [4.69, 9.17) is 5.73 Å². The molecule has 0 fully saturated rings. The van der Waals surface area contributed by atoms with Gasteiger partial charge in [-0.2, -0.15) is 0 Å². The molecule has 78 valence electrons. The summed E-state index contributed by atoms with van der Waals surface area (Å²) >= 11 is 0. The zero-order chi connectivity index (χ0) is 10.9. The van der Waals surface area contributed by atoms with Crippen LogP contribution in [-0.2, 0) is 0 Å². The normalized spacial score (nSPS) is 14.1. The van der Waals surface area contributed by atoms with Crippen LogP contribution >= 0.6 is 0 Å². The first-order valence-electron chi connectivity index (χ1n) is 4.57. The van der Waals surface area contributed by atoms with Crippen molar-refractivity contribution >= 4 is 0 Å². The Bertz CT molecular complexity index is 331. The van der Waals surface area contributed by atoms with Crippen LogP contribution in [0.2, 0.25) is 0 Å². The molecule has 0 aromatic heterocycles. The molecule has 3 heteroatoms. The van der Waals surface area contributed by atoms with Crippen molar-refractivity contribution in [2.24, 2.45) is 11.1 Å². The molecule has 0 radical (unpaired) electrons. The number of rotatable bonds is 1. The lowest BCUT2D eigenvalue weighted by molar-refractivity contribution is 0.315. The SMILES string of the molecule is CC(C)(C)[C@@H](N)c1cccc(O)c1F. The van der Waals surface area contributed by atoms with Gasteiger partial charge >= 0.3 is 0 Å². The summed E-state index contributed by atoms with van der Waals surface area (Å²) in [5.41, 5.74) is 6.02. The number of hydrogen-bond donors (Lipinski definition) is 2. The fourth-order valence-corrected chi connectivity index (χ4v) is 1.24. The molecule has 0 bridgehead atoms. The fraction of sp³-hybridized carbons (Fsp3) is 0.455. The molecule has 0 unspecified atom stereocenters. The Kier molecular flexibility index (Phi) is 2.81. The molecule has 1 aromatic carbocycles. The van der Waals surface area contributed by atoms with E-state index in [1.807, 2.05) is 20.8 Å². The van der Waals surface area contributed by atoms with Gasteiger partial charge in [0.05, 0.1) is 0 Å². The molecule has 0 amide bonds. The average molecular weight is 197 g/mol. The minimum absolute atomic E-state index is 0.228. The van der Waals surface area contributed by atoms with Crippen LogP contribution in [0, 0.1) is 11.2 Å². The number of nitrogens with two attached hydrogens (primary N) is 1. The number of aromatic hydroxyl groups is 1. The number of phenols is 1. The molecule has 3 N–H and O–H groups in total. The molecule has 0 spiro atoms. The maximum absolute atomic E-state index is 13.5. The monoisotopic (exact) mass is 197 g/mol. The quantitative estimate of drug-likeness (QED) is 0.726. The summed E-state index contributed by atoms with van der Waals surface area (Å²) in [5.74, 6) is -0.961. The van der Waals surface area contributed by atoms with Crippen LogP contribution < -0.4 is 5.73 Å². The van der Waals surface area contributed by atoms with Gasteiger partial charge in [0, 0.05) is 11.6 Å². The third-order valence-corrected chi connectivity index (χ3v) is 2.28. The first kappa shape index (κ1) is 11.0. The van der Waals surface area contributed by atoms with E-state index >= 15 is 0 Å². The molecular weight excluding hydrogens is 181 g/mol. The molecule has 0 saturated heterocycles. The smallest absolute Gasteiger partial charge is 0.169 e. The Balaban J connectivity index is 3.14. The highest BCUT2D eigenvalue weighted by molar-refractivity contribution is 5.32. The van der Waals surface area contributed by atoms with Gasteiger partial charge < -0.3 is 10.8 Å². The fourth-order valence-electron chi connectivity index (χ4n) is 1.24. The lowest BCUT2D eigenvalue weighted by Gasteiger charge is -2.27. The van der Waals surface area contributed by atoms with Crippen molar-refractivity contribution < 1.29 is 9.50 Å². The van der Waals surface area contributed by atoms with E-state index in [2.05, 4.69) is 0 Å². The molecule has 0 saturated carbocycles. The van der Waals surface area contributed by atoms with Gasteiger partial charge in [-0.05, 0) is 11.5 Å². The number of halogens is 1. The van der Waals surface area contributed by atoms with E-state index in [0.717, 1.165) is 0 Å². The van der Waals surface area contributed by atoms with Crippen molar-refractivity contribution in [3.05, 3.63) is 29.6 Å². The van der Waals surface area contributed by atoms with Crippen LogP contribution in [0.15, 0.2) is 18.2 Å².